The minimum absolute atomic E-state index is 0.270. The minimum atomic E-state index is -0.270. The Morgan fingerprint density at radius 2 is 1.93 bits per heavy atom. The molecule has 0 aliphatic carbocycles. The maximum atomic E-state index is 13.3. The average Bonchev–Trinajstić information content (AvgIpc) is 3.11. The summed E-state index contributed by atoms with van der Waals surface area (Å²) in [7, 11) is 3.48. The lowest BCUT2D eigenvalue weighted by molar-refractivity contribution is 0.419. The predicted molar refractivity (Wildman–Crippen MR) is 102 cm³/mol. The van der Waals surface area contributed by atoms with Crippen molar-refractivity contribution in [3.05, 3.63) is 66.5 Å². The summed E-state index contributed by atoms with van der Waals surface area (Å²) in [6, 6.07) is 10.2. The molecule has 0 bridgehead atoms. The van der Waals surface area contributed by atoms with E-state index >= 15 is 0 Å². The Bertz CT molecular complexity index is 1090. The van der Waals surface area contributed by atoms with Gasteiger partial charge in [0, 0.05) is 30.7 Å². The quantitative estimate of drug-likeness (QED) is 0.584. The fraction of sp³-hybridized carbons (Fsp3) is 0.150. The van der Waals surface area contributed by atoms with Crippen molar-refractivity contribution < 1.29 is 9.13 Å². The zero-order chi connectivity index (χ0) is 18.8. The van der Waals surface area contributed by atoms with E-state index in [4.69, 9.17) is 4.74 Å². The van der Waals surface area contributed by atoms with Gasteiger partial charge < -0.3 is 10.1 Å². The van der Waals surface area contributed by atoms with Gasteiger partial charge in [-0.15, -0.1) is 0 Å². The first kappa shape index (κ1) is 17.0. The molecule has 0 aliphatic heterocycles. The van der Waals surface area contributed by atoms with Crippen LogP contribution in [0.5, 0.6) is 5.75 Å². The lowest BCUT2D eigenvalue weighted by Gasteiger charge is -2.12. The lowest BCUT2D eigenvalue weighted by Crippen LogP contribution is -2.03. The van der Waals surface area contributed by atoms with Crippen molar-refractivity contribution >= 4 is 16.7 Å². The second kappa shape index (κ2) is 7.03. The molecule has 4 rings (SSSR count). The zero-order valence-corrected chi connectivity index (χ0v) is 15.0. The number of rotatable bonds is 5. The molecule has 2 aromatic heterocycles. The van der Waals surface area contributed by atoms with Crippen molar-refractivity contribution in [2.45, 2.75) is 6.54 Å². The number of anilines is 1. The highest BCUT2D eigenvalue weighted by molar-refractivity contribution is 5.96. The number of aryl methyl sites for hydroxylation is 1. The van der Waals surface area contributed by atoms with E-state index in [1.165, 1.54) is 18.5 Å². The number of nitrogens with zero attached hydrogens (tertiary/aromatic N) is 4. The Morgan fingerprint density at radius 1 is 1.11 bits per heavy atom. The molecule has 1 N–H and O–H groups in total. The van der Waals surface area contributed by atoms with E-state index in [0.717, 1.165) is 22.1 Å². The monoisotopic (exact) mass is 363 g/mol. The van der Waals surface area contributed by atoms with E-state index in [9.17, 15) is 4.39 Å². The highest BCUT2D eigenvalue weighted by Crippen LogP contribution is 2.34. The highest BCUT2D eigenvalue weighted by atomic mass is 19.1. The van der Waals surface area contributed by atoms with Gasteiger partial charge in [-0.25, -0.2) is 14.4 Å². The van der Waals surface area contributed by atoms with Gasteiger partial charge in [-0.05, 0) is 35.4 Å². The summed E-state index contributed by atoms with van der Waals surface area (Å²) < 4.78 is 20.6. The summed E-state index contributed by atoms with van der Waals surface area (Å²) in [5, 5.41) is 8.34. The zero-order valence-electron chi connectivity index (χ0n) is 15.0. The first-order chi connectivity index (χ1) is 13.1. The Morgan fingerprint density at radius 3 is 2.63 bits per heavy atom. The Labute approximate surface area is 155 Å². The number of nitrogens with one attached hydrogen (secondary N) is 1. The van der Waals surface area contributed by atoms with Crippen LogP contribution in [0.4, 0.5) is 10.2 Å². The summed E-state index contributed by atoms with van der Waals surface area (Å²) in [6.07, 6.45) is 5.26. The topological polar surface area (TPSA) is 64.9 Å². The number of ether oxygens (including phenoxy) is 1. The van der Waals surface area contributed by atoms with Gasteiger partial charge >= 0.3 is 0 Å². The predicted octanol–water partition coefficient (Wildman–Crippen LogP) is 3.79. The Balaban J connectivity index is 1.77. The molecule has 0 aliphatic rings. The third kappa shape index (κ3) is 3.44. The van der Waals surface area contributed by atoms with Gasteiger partial charge in [0.1, 0.15) is 29.2 Å². The third-order valence-electron chi connectivity index (χ3n) is 4.32. The number of methoxy groups -OCH3 is 1. The molecular formula is C20H18FN5O. The average molecular weight is 363 g/mol. The van der Waals surface area contributed by atoms with Crippen LogP contribution in [0.3, 0.4) is 0 Å². The standard InChI is InChI=1S/C20H18FN5O/c1-26-11-13(10-25-26)9-22-20-17-7-15(14-3-5-16(21)6-4-14)8-18(27-2)19(17)23-12-24-20/h3-8,10-12H,9H2,1-2H3,(H,22,23,24). The molecular weight excluding hydrogens is 345 g/mol. The summed E-state index contributed by atoms with van der Waals surface area (Å²) in [6.45, 7) is 0.586. The molecule has 0 radical (unpaired) electrons. The van der Waals surface area contributed by atoms with Crippen LogP contribution < -0.4 is 10.1 Å². The van der Waals surface area contributed by atoms with Gasteiger partial charge in [-0.1, -0.05) is 12.1 Å². The fourth-order valence-electron chi connectivity index (χ4n) is 2.99. The van der Waals surface area contributed by atoms with Crippen LogP contribution in [0, 0.1) is 5.82 Å². The molecule has 6 nitrogen and oxygen atoms in total. The molecule has 4 aromatic rings. The summed E-state index contributed by atoms with van der Waals surface area (Å²) in [5.74, 6) is 1.07. The van der Waals surface area contributed by atoms with Crippen molar-refractivity contribution in [3.63, 3.8) is 0 Å². The normalized spacial score (nSPS) is 10.9. The molecule has 2 aromatic carbocycles. The van der Waals surface area contributed by atoms with Gasteiger partial charge in [-0.3, -0.25) is 4.68 Å². The smallest absolute Gasteiger partial charge is 0.145 e. The van der Waals surface area contributed by atoms with Crippen LogP contribution in [0.1, 0.15) is 5.56 Å². The number of benzene rings is 2. The first-order valence-corrected chi connectivity index (χ1v) is 8.44. The Hall–Kier alpha value is -3.48. The number of hydrogen-bond donors (Lipinski definition) is 1. The third-order valence-corrected chi connectivity index (χ3v) is 4.32. The second-order valence-corrected chi connectivity index (χ2v) is 6.18. The lowest BCUT2D eigenvalue weighted by atomic mass is 10.0. The van der Waals surface area contributed by atoms with Crippen molar-refractivity contribution in [1.82, 2.24) is 19.7 Å². The number of hydrogen-bond acceptors (Lipinski definition) is 5. The highest BCUT2D eigenvalue weighted by Gasteiger charge is 2.12. The van der Waals surface area contributed by atoms with Crippen molar-refractivity contribution in [3.8, 4) is 16.9 Å². The summed E-state index contributed by atoms with van der Waals surface area (Å²) >= 11 is 0. The van der Waals surface area contributed by atoms with Crippen LogP contribution >= 0.6 is 0 Å². The van der Waals surface area contributed by atoms with Crippen LogP contribution in [0.15, 0.2) is 55.1 Å². The molecule has 0 unspecified atom stereocenters. The molecule has 0 fully saturated rings. The van der Waals surface area contributed by atoms with Gasteiger partial charge in [-0.2, -0.15) is 5.10 Å². The summed E-state index contributed by atoms with van der Waals surface area (Å²) in [5.41, 5.74) is 3.55. The summed E-state index contributed by atoms with van der Waals surface area (Å²) in [4.78, 5) is 8.76. The maximum absolute atomic E-state index is 13.3. The van der Waals surface area contributed by atoms with Gasteiger partial charge in [0.05, 0.1) is 13.3 Å². The van der Waals surface area contributed by atoms with Gasteiger partial charge in [0.25, 0.3) is 0 Å². The van der Waals surface area contributed by atoms with Crippen molar-refractivity contribution in [2.75, 3.05) is 12.4 Å². The number of fused-ring (bicyclic) bond motifs is 1. The second-order valence-electron chi connectivity index (χ2n) is 6.18. The Kier molecular flexibility index (Phi) is 4.42. The maximum Gasteiger partial charge on any atom is 0.145 e. The molecule has 7 heteroatoms. The van der Waals surface area contributed by atoms with E-state index in [0.29, 0.717) is 23.6 Å². The molecule has 0 amide bonds. The van der Waals surface area contributed by atoms with Crippen LogP contribution in [0.2, 0.25) is 0 Å². The van der Waals surface area contributed by atoms with Crippen molar-refractivity contribution in [1.29, 1.82) is 0 Å². The minimum Gasteiger partial charge on any atom is -0.494 e. The van der Waals surface area contributed by atoms with E-state index in [2.05, 4.69) is 20.4 Å². The SMILES string of the molecule is COc1cc(-c2ccc(F)cc2)cc2c(NCc3cnn(C)c3)ncnc12. The molecule has 0 saturated heterocycles. The van der Waals surface area contributed by atoms with Crippen molar-refractivity contribution in [2.24, 2.45) is 7.05 Å². The number of halogens is 1. The van der Waals surface area contributed by atoms with E-state index in [-0.39, 0.29) is 5.82 Å². The van der Waals surface area contributed by atoms with Gasteiger partial charge in [0.2, 0.25) is 0 Å². The largest absolute Gasteiger partial charge is 0.494 e. The van der Waals surface area contributed by atoms with Gasteiger partial charge in [0.15, 0.2) is 0 Å². The fourth-order valence-corrected chi connectivity index (χ4v) is 2.99. The van der Waals surface area contributed by atoms with Crippen LogP contribution in [-0.2, 0) is 13.6 Å². The van der Waals surface area contributed by atoms with Crippen LogP contribution in [-0.4, -0.2) is 26.9 Å². The van der Waals surface area contributed by atoms with E-state index < -0.39 is 0 Å². The molecule has 0 atom stereocenters. The first-order valence-electron chi connectivity index (χ1n) is 8.44. The molecule has 0 spiro atoms. The van der Waals surface area contributed by atoms with E-state index in [1.54, 1.807) is 30.1 Å². The molecule has 27 heavy (non-hydrogen) atoms. The molecule has 0 saturated carbocycles. The van der Waals surface area contributed by atoms with Crippen LogP contribution in [0.25, 0.3) is 22.0 Å². The molecule has 136 valence electrons. The number of aromatic nitrogens is 4. The molecule has 2 heterocycles. The van der Waals surface area contributed by atoms with E-state index in [1.807, 2.05) is 25.4 Å².